The lowest BCUT2D eigenvalue weighted by atomic mass is 10.3. The molecule has 0 aliphatic heterocycles. The zero-order valence-electron chi connectivity index (χ0n) is 13.2. The predicted molar refractivity (Wildman–Crippen MR) is 93.6 cm³/mol. The van der Waals surface area contributed by atoms with Crippen molar-refractivity contribution < 1.29 is 14.9 Å². The maximum atomic E-state index is 9.10. The van der Waals surface area contributed by atoms with Crippen LogP contribution in [0.5, 0.6) is 11.5 Å². The molecule has 1 heterocycles. The summed E-state index contributed by atoms with van der Waals surface area (Å²) in [6.07, 6.45) is 2.64. The predicted octanol–water partition coefficient (Wildman–Crippen LogP) is 2.08. The highest BCUT2D eigenvalue weighted by Gasteiger charge is 2.16. The summed E-state index contributed by atoms with van der Waals surface area (Å²) in [5.41, 5.74) is 5.72. The Hall–Kier alpha value is -2.09. The van der Waals surface area contributed by atoms with Crippen LogP contribution in [0.3, 0.4) is 0 Å². The van der Waals surface area contributed by atoms with Crippen molar-refractivity contribution in [2.24, 2.45) is 0 Å². The third-order valence-corrected chi connectivity index (χ3v) is 3.52. The molecule has 0 aliphatic carbocycles. The molecule has 130 valence electrons. The molecule has 2 rings (SSSR count). The van der Waals surface area contributed by atoms with E-state index in [4.69, 9.17) is 32.3 Å². The van der Waals surface area contributed by atoms with Crippen molar-refractivity contribution >= 4 is 23.4 Å². The Balaban J connectivity index is 2.27. The largest absolute Gasteiger partial charge is 0.452 e. The molecule has 0 aliphatic rings. The van der Waals surface area contributed by atoms with Crippen LogP contribution in [0.1, 0.15) is 12.8 Å². The molecule has 0 bridgehead atoms. The number of aliphatic hydroxyl groups excluding tert-OH is 2. The van der Waals surface area contributed by atoms with Gasteiger partial charge in [0.25, 0.3) is 0 Å². The number of benzene rings is 1. The van der Waals surface area contributed by atoms with Gasteiger partial charge in [0.1, 0.15) is 5.75 Å². The number of ether oxygens (including phenoxy) is 1. The second kappa shape index (κ2) is 9.27. The second-order valence-electron chi connectivity index (χ2n) is 5.11. The van der Waals surface area contributed by atoms with E-state index in [-0.39, 0.29) is 19.2 Å². The topological polar surface area (TPSA) is 105 Å². The molecule has 0 amide bonds. The van der Waals surface area contributed by atoms with Crippen molar-refractivity contribution in [3.05, 3.63) is 35.5 Å². The highest BCUT2D eigenvalue weighted by atomic mass is 35.5. The van der Waals surface area contributed by atoms with Gasteiger partial charge in [-0.1, -0.05) is 11.6 Å². The Morgan fingerprint density at radius 1 is 1.08 bits per heavy atom. The van der Waals surface area contributed by atoms with Gasteiger partial charge < -0.3 is 25.6 Å². The van der Waals surface area contributed by atoms with E-state index in [9.17, 15) is 0 Å². The molecule has 8 heteroatoms. The Kier molecular flexibility index (Phi) is 7.05. The highest BCUT2D eigenvalue weighted by molar-refractivity contribution is 6.30. The SMILES string of the molecule is Nc1ncc(Oc2ccc(Cl)cc2)c(N(CCCO)CCCO)n1. The van der Waals surface area contributed by atoms with Crippen LogP contribution in [-0.4, -0.2) is 46.5 Å². The van der Waals surface area contributed by atoms with Crippen LogP contribution < -0.4 is 15.4 Å². The van der Waals surface area contributed by atoms with Gasteiger partial charge in [-0.15, -0.1) is 0 Å². The summed E-state index contributed by atoms with van der Waals surface area (Å²) in [7, 11) is 0. The number of hydrogen-bond donors (Lipinski definition) is 3. The molecule has 0 saturated carbocycles. The van der Waals surface area contributed by atoms with E-state index >= 15 is 0 Å². The number of rotatable bonds is 9. The summed E-state index contributed by atoms with van der Waals surface area (Å²) in [6, 6.07) is 6.94. The first-order valence-electron chi connectivity index (χ1n) is 7.66. The number of aliphatic hydroxyl groups is 2. The molecule has 0 unspecified atom stereocenters. The monoisotopic (exact) mass is 352 g/mol. The van der Waals surface area contributed by atoms with Gasteiger partial charge in [-0.25, -0.2) is 4.98 Å². The maximum Gasteiger partial charge on any atom is 0.222 e. The molecule has 0 spiro atoms. The van der Waals surface area contributed by atoms with Gasteiger partial charge in [-0.3, -0.25) is 0 Å². The first-order valence-corrected chi connectivity index (χ1v) is 8.04. The summed E-state index contributed by atoms with van der Waals surface area (Å²) in [6.45, 7) is 1.24. The number of anilines is 2. The molecule has 2 aromatic rings. The first-order chi connectivity index (χ1) is 11.6. The number of aromatic nitrogens is 2. The number of nitrogens with two attached hydrogens (primary N) is 1. The standard InChI is InChI=1S/C16H21ClN4O3/c17-12-3-5-13(6-4-12)24-14-11-19-16(18)20-15(14)21(7-1-9-22)8-2-10-23/h3-6,11,22-23H,1-2,7-10H2,(H2,18,19,20). The molecule has 7 nitrogen and oxygen atoms in total. The smallest absolute Gasteiger partial charge is 0.222 e. The molecule has 1 aromatic heterocycles. The van der Waals surface area contributed by atoms with E-state index in [0.29, 0.717) is 48.3 Å². The molecule has 4 N–H and O–H groups in total. The van der Waals surface area contributed by atoms with E-state index in [1.807, 2.05) is 4.90 Å². The molecular formula is C16H21ClN4O3. The lowest BCUT2D eigenvalue weighted by Crippen LogP contribution is -2.28. The zero-order chi connectivity index (χ0) is 17.4. The van der Waals surface area contributed by atoms with Crippen LogP contribution in [0.2, 0.25) is 5.02 Å². The van der Waals surface area contributed by atoms with Gasteiger partial charge in [0, 0.05) is 31.3 Å². The molecule has 1 aromatic carbocycles. The lowest BCUT2D eigenvalue weighted by Gasteiger charge is -2.25. The molecule has 0 saturated heterocycles. The van der Waals surface area contributed by atoms with Crippen LogP contribution in [0.4, 0.5) is 11.8 Å². The third-order valence-electron chi connectivity index (χ3n) is 3.27. The van der Waals surface area contributed by atoms with Crippen molar-refractivity contribution in [3.8, 4) is 11.5 Å². The summed E-state index contributed by atoms with van der Waals surface area (Å²) < 4.78 is 5.85. The minimum Gasteiger partial charge on any atom is -0.452 e. The van der Waals surface area contributed by atoms with Crippen LogP contribution in [0, 0.1) is 0 Å². The lowest BCUT2D eigenvalue weighted by molar-refractivity contribution is 0.281. The molecule has 24 heavy (non-hydrogen) atoms. The Morgan fingerprint density at radius 2 is 1.71 bits per heavy atom. The van der Waals surface area contributed by atoms with Crippen molar-refractivity contribution in [1.29, 1.82) is 0 Å². The number of nitrogen functional groups attached to an aromatic ring is 1. The number of halogens is 1. The molecule has 0 radical (unpaired) electrons. The van der Waals surface area contributed by atoms with Gasteiger partial charge in [0.05, 0.1) is 6.20 Å². The van der Waals surface area contributed by atoms with Gasteiger partial charge in [-0.05, 0) is 37.1 Å². The minimum absolute atomic E-state index is 0.0591. The van der Waals surface area contributed by atoms with Gasteiger partial charge in [-0.2, -0.15) is 4.98 Å². The van der Waals surface area contributed by atoms with E-state index in [2.05, 4.69) is 9.97 Å². The van der Waals surface area contributed by atoms with E-state index in [1.54, 1.807) is 24.3 Å². The van der Waals surface area contributed by atoms with Crippen molar-refractivity contribution in [2.45, 2.75) is 12.8 Å². The van der Waals surface area contributed by atoms with E-state index < -0.39 is 0 Å². The van der Waals surface area contributed by atoms with Crippen molar-refractivity contribution in [3.63, 3.8) is 0 Å². The Bertz CT molecular complexity index is 632. The van der Waals surface area contributed by atoms with Gasteiger partial charge in [0.15, 0.2) is 11.6 Å². The molecule has 0 fully saturated rings. The Morgan fingerprint density at radius 3 is 2.29 bits per heavy atom. The fourth-order valence-corrected chi connectivity index (χ4v) is 2.28. The summed E-state index contributed by atoms with van der Waals surface area (Å²) >= 11 is 5.88. The van der Waals surface area contributed by atoms with Gasteiger partial charge in [0.2, 0.25) is 5.95 Å². The van der Waals surface area contributed by atoms with Crippen molar-refractivity contribution in [1.82, 2.24) is 9.97 Å². The number of hydrogen-bond acceptors (Lipinski definition) is 7. The number of nitrogens with zero attached hydrogens (tertiary/aromatic N) is 3. The average molecular weight is 353 g/mol. The molecule has 0 atom stereocenters. The van der Waals surface area contributed by atoms with E-state index in [1.165, 1.54) is 6.20 Å². The summed E-state index contributed by atoms with van der Waals surface area (Å²) in [4.78, 5) is 10.2. The fourth-order valence-electron chi connectivity index (χ4n) is 2.15. The molecular weight excluding hydrogens is 332 g/mol. The normalized spacial score (nSPS) is 10.6. The van der Waals surface area contributed by atoms with Crippen molar-refractivity contribution in [2.75, 3.05) is 36.9 Å². The average Bonchev–Trinajstić information content (AvgIpc) is 2.59. The van der Waals surface area contributed by atoms with Crippen LogP contribution in [0.25, 0.3) is 0 Å². The quantitative estimate of drug-likeness (QED) is 0.634. The maximum absolute atomic E-state index is 9.10. The first kappa shape index (κ1) is 18.3. The van der Waals surface area contributed by atoms with Crippen LogP contribution in [-0.2, 0) is 0 Å². The Labute approximate surface area is 145 Å². The van der Waals surface area contributed by atoms with Crippen LogP contribution in [0.15, 0.2) is 30.5 Å². The fraction of sp³-hybridized carbons (Fsp3) is 0.375. The second-order valence-corrected chi connectivity index (χ2v) is 5.55. The zero-order valence-corrected chi connectivity index (χ0v) is 14.0. The third kappa shape index (κ3) is 5.23. The summed E-state index contributed by atoms with van der Waals surface area (Å²) in [5.74, 6) is 1.70. The highest BCUT2D eigenvalue weighted by Crippen LogP contribution is 2.31. The van der Waals surface area contributed by atoms with Gasteiger partial charge >= 0.3 is 0 Å². The summed E-state index contributed by atoms with van der Waals surface area (Å²) in [5, 5.41) is 18.8. The van der Waals surface area contributed by atoms with Crippen LogP contribution >= 0.6 is 11.6 Å². The van der Waals surface area contributed by atoms with E-state index in [0.717, 1.165) is 0 Å². The minimum atomic E-state index is 0.0591.